The van der Waals surface area contributed by atoms with Gasteiger partial charge in [0, 0.05) is 10.0 Å². The normalized spacial score (nSPS) is 12.8. The molecule has 84 valence electrons. The van der Waals surface area contributed by atoms with Gasteiger partial charge < -0.3 is 5.73 Å². The third-order valence-corrected chi connectivity index (χ3v) is 3.96. The molecule has 1 heterocycles. The van der Waals surface area contributed by atoms with Crippen LogP contribution in [0.1, 0.15) is 18.0 Å². The lowest BCUT2D eigenvalue weighted by atomic mass is 10.2. The lowest BCUT2D eigenvalue weighted by Crippen LogP contribution is -2.03. The fourth-order valence-corrected chi connectivity index (χ4v) is 2.84. The fraction of sp³-hybridized carbons (Fsp3) is 0.200. The summed E-state index contributed by atoms with van der Waals surface area (Å²) >= 11 is 11.0. The number of halogens is 2. The van der Waals surface area contributed by atoms with Crippen LogP contribution in [0, 0.1) is 0 Å². The molecular formula is C10H9BrClN3S. The first-order chi connectivity index (χ1) is 7.58. The van der Waals surface area contributed by atoms with E-state index >= 15 is 0 Å². The molecule has 0 saturated heterocycles. The molecule has 0 spiro atoms. The Bertz CT molecular complexity index is 513. The van der Waals surface area contributed by atoms with E-state index in [0.717, 1.165) is 20.1 Å². The van der Waals surface area contributed by atoms with Gasteiger partial charge in [-0.05, 0) is 25.1 Å². The van der Waals surface area contributed by atoms with Gasteiger partial charge in [-0.1, -0.05) is 38.9 Å². The van der Waals surface area contributed by atoms with Crippen LogP contribution >= 0.6 is 38.9 Å². The van der Waals surface area contributed by atoms with Crippen LogP contribution in [-0.4, -0.2) is 10.2 Å². The summed E-state index contributed by atoms with van der Waals surface area (Å²) in [6.07, 6.45) is 0. The van der Waals surface area contributed by atoms with E-state index in [4.69, 9.17) is 17.3 Å². The second-order valence-electron chi connectivity index (χ2n) is 3.36. The van der Waals surface area contributed by atoms with Crippen LogP contribution < -0.4 is 5.73 Å². The van der Waals surface area contributed by atoms with Crippen LogP contribution in [0.15, 0.2) is 22.7 Å². The first kappa shape index (κ1) is 12.0. The summed E-state index contributed by atoms with van der Waals surface area (Å²) in [6, 6.07) is 5.58. The fourth-order valence-electron chi connectivity index (χ4n) is 1.19. The van der Waals surface area contributed by atoms with Crippen molar-refractivity contribution in [3.8, 4) is 10.6 Å². The van der Waals surface area contributed by atoms with Crippen molar-refractivity contribution in [3.63, 3.8) is 0 Å². The van der Waals surface area contributed by atoms with Gasteiger partial charge in [-0.2, -0.15) is 0 Å². The summed E-state index contributed by atoms with van der Waals surface area (Å²) in [5.74, 6) is 0. The average molecular weight is 319 g/mol. The Balaban J connectivity index is 2.42. The Morgan fingerprint density at radius 1 is 1.44 bits per heavy atom. The third kappa shape index (κ3) is 2.43. The zero-order chi connectivity index (χ0) is 11.7. The number of nitrogens with zero attached hydrogens (tertiary/aromatic N) is 2. The Morgan fingerprint density at radius 3 is 2.75 bits per heavy atom. The molecule has 0 bridgehead atoms. The summed E-state index contributed by atoms with van der Waals surface area (Å²) in [5, 5.41) is 10.4. The van der Waals surface area contributed by atoms with E-state index < -0.39 is 0 Å². The number of aromatic nitrogens is 2. The van der Waals surface area contributed by atoms with Gasteiger partial charge in [-0.15, -0.1) is 10.2 Å². The Labute approximate surface area is 111 Å². The summed E-state index contributed by atoms with van der Waals surface area (Å²) in [7, 11) is 0. The van der Waals surface area contributed by atoms with E-state index in [9.17, 15) is 0 Å². The summed E-state index contributed by atoms with van der Waals surface area (Å²) < 4.78 is 0.943. The highest BCUT2D eigenvalue weighted by molar-refractivity contribution is 9.10. The van der Waals surface area contributed by atoms with Crippen LogP contribution in [0.3, 0.4) is 0 Å². The molecule has 0 radical (unpaired) electrons. The zero-order valence-electron chi connectivity index (χ0n) is 8.45. The van der Waals surface area contributed by atoms with Crippen molar-refractivity contribution in [1.82, 2.24) is 10.2 Å². The lowest BCUT2D eigenvalue weighted by molar-refractivity contribution is 0.786. The highest BCUT2D eigenvalue weighted by atomic mass is 79.9. The molecule has 3 nitrogen and oxygen atoms in total. The molecular weight excluding hydrogens is 310 g/mol. The quantitative estimate of drug-likeness (QED) is 0.919. The van der Waals surface area contributed by atoms with Crippen LogP contribution in [-0.2, 0) is 0 Å². The minimum Gasteiger partial charge on any atom is -0.322 e. The summed E-state index contributed by atoms with van der Waals surface area (Å²) in [5.41, 5.74) is 6.62. The van der Waals surface area contributed by atoms with Crippen LogP contribution in [0.4, 0.5) is 0 Å². The van der Waals surface area contributed by atoms with Crippen LogP contribution in [0.2, 0.25) is 5.02 Å². The van der Waals surface area contributed by atoms with Gasteiger partial charge in [-0.25, -0.2) is 0 Å². The van der Waals surface area contributed by atoms with Crippen molar-refractivity contribution < 1.29 is 0 Å². The SMILES string of the molecule is CC(N)c1nnc(-c2ccc(Br)cc2Cl)s1. The molecule has 0 amide bonds. The van der Waals surface area contributed by atoms with Crippen molar-refractivity contribution in [2.75, 3.05) is 0 Å². The monoisotopic (exact) mass is 317 g/mol. The molecule has 1 unspecified atom stereocenters. The van der Waals surface area contributed by atoms with E-state index in [0.29, 0.717) is 5.02 Å². The molecule has 0 aliphatic carbocycles. The Kier molecular flexibility index (Phi) is 3.59. The van der Waals surface area contributed by atoms with Crippen LogP contribution in [0.25, 0.3) is 10.6 Å². The van der Waals surface area contributed by atoms with Gasteiger partial charge in [0.25, 0.3) is 0 Å². The first-order valence-corrected chi connectivity index (χ1v) is 6.61. The molecule has 1 atom stereocenters. The summed E-state index contributed by atoms with van der Waals surface area (Å²) in [6.45, 7) is 1.88. The number of benzene rings is 1. The van der Waals surface area contributed by atoms with Crippen molar-refractivity contribution in [1.29, 1.82) is 0 Å². The van der Waals surface area contributed by atoms with E-state index in [1.54, 1.807) is 0 Å². The van der Waals surface area contributed by atoms with Gasteiger partial charge in [0.2, 0.25) is 0 Å². The van der Waals surface area contributed by atoms with Crippen molar-refractivity contribution in [2.45, 2.75) is 13.0 Å². The Morgan fingerprint density at radius 2 is 2.19 bits per heavy atom. The second-order valence-corrected chi connectivity index (χ2v) is 5.69. The molecule has 0 aliphatic rings. The van der Waals surface area contributed by atoms with Gasteiger partial charge >= 0.3 is 0 Å². The predicted octanol–water partition coefficient (Wildman–Crippen LogP) is 3.64. The molecule has 2 aromatic rings. The minimum atomic E-state index is -0.0968. The first-order valence-electron chi connectivity index (χ1n) is 4.62. The molecule has 16 heavy (non-hydrogen) atoms. The third-order valence-electron chi connectivity index (χ3n) is 1.99. The molecule has 2 rings (SSSR count). The molecule has 1 aromatic heterocycles. The van der Waals surface area contributed by atoms with E-state index in [-0.39, 0.29) is 6.04 Å². The highest BCUT2D eigenvalue weighted by Gasteiger charge is 2.12. The average Bonchev–Trinajstić information content (AvgIpc) is 2.66. The highest BCUT2D eigenvalue weighted by Crippen LogP contribution is 2.33. The maximum atomic E-state index is 6.13. The largest absolute Gasteiger partial charge is 0.322 e. The molecule has 0 saturated carbocycles. The zero-order valence-corrected chi connectivity index (χ0v) is 11.6. The minimum absolute atomic E-state index is 0.0968. The lowest BCUT2D eigenvalue weighted by Gasteiger charge is -1.99. The smallest absolute Gasteiger partial charge is 0.149 e. The van der Waals surface area contributed by atoms with Crippen LogP contribution in [0.5, 0.6) is 0 Å². The number of hydrogen-bond acceptors (Lipinski definition) is 4. The number of nitrogens with two attached hydrogens (primary N) is 1. The Hall–Kier alpha value is -0.490. The van der Waals surface area contributed by atoms with E-state index in [2.05, 4.69) is 26.1 Å². The molecule has 0 fully saturated rings. The molecule has 6 heteroatoms. The standard InChI is InChI=1S/C10H9BrClN3S/c1-5(13)9-14-15-10(16-9)7-3-2-6(11)4-8(7)12/h2-5H,13H2,1H3. The molecule has 1 aromatic carbocycles. The van der Waals surface area contributed by atoms with Gasteiger partial charge in [0.1, 0.15) is 10.0 Å². The molecule has 2 N–H and O–H groups in total. The summed E-state index contributed by atoms with van der Waals surface area (Å²) in [4.78, 5) is 0. The van der Waals surface area contributed by atoms with Gasteiger partial charge in [0.15, 0.2) is 0 Å². The number of hydrogen-bond donors (Lipinski definition) is 1. The van der Waals surface area contributed by atoms with Crippen molar-refractivity contribution in [2.24, 2.45) is 5.73 Å². The maximum absolute atomic E-state index is 6.13. The van der Waals surface area contributed by atoms with Crippen molar-refractivity contribution >= 4 is 38.9 Å². The topological polar surface area (TPSA) is 51.8 Å². The molecule has 0 aliphatic heterocycles. The van der Waals surface area contributed by atoms with Gasteiger partial charge in [-0.3, -0.25) is 0 Å². The predicted molar refractivity (Wildman–Crippen MR) is 70.7 cm³/mol. The maximum Gasteiger partial charge on any atom is 0.149 e. The van der Waals surface area contributed by atoms with Crippen molar-refractivity contribution in [3.05, 3.63) is 32.7 Å². The van der Waals surface area contributed by atoms with E-state index in [1.807, 2.05) is 25.1 Å². The number of rotatable bonds is 2. The van der Waals surface area contributed by atoms with E-state index in [1.165, 1.54) is 11.3 Å². The second kappa shape index (κ2) is 4.79. The van der Waals surface area contributed by atoms with Gasteiger partial charge in [0.05, 0.1) is 11.1 Å².